The highest BCUT2D eigenvalue weighted by atomic mass is 35.5. The van der Waals surface area contributed by atoms with Gasteiger partial charge in [0.25, 0.3) is 5.91 Å². The van der Waals surface area contributed by atoms with Crippen molar-refractivity contribution in [3.8, 4) is 5.75 Å². The molecule has 6 aliphatic rings. The number of nitrogens with one attached hydrogen (secondary N) is 1. The van der Waals surface area contributed by atoms with Crippen LogP contribution in [0.1, 0.15) is 54.1 Å². The van der Waals surface area contributed by atoms with E-state index in [2.05, 4.69) is 34.8 Å². The molecule has 3 heterocycles. The number of fused-ring (bicyclic) bond motifs is 6. The first-order valence-electron chi connectivity index (χ1n) is 14.6. The van der Waals surface area contributed by atoms with E-state index in [1.807, 2.05) is 25.3 Å². The fourth-order valence-corrected chi connectivity index (χ4v) is 9.10. The molecule has 212 valence electrons. The third kappa shape index (κ3) is 4.49. The van der Waals surface area contributed by atoms with E-state index in [0.29, 0.717) is 35.7 Å². The third-order valence-electron chi connectivity index (χ3n) is 10.3. The van der Waals surface area contributed by atoms with Gasteiger partial charge < -0.3 is 14.4 Å². The molecule has 1 fully saturated rings. The smallest absolute Gasteiger partial charge is 0.263 e. The van der Waals surface area contributed by atoms with Gasteiger partial charge in [0.1, 0.15) is 16.7 Å². The van der Waals surface area contributed by atoms with Crippen LogP contribution in [-0.2, 0) is 27.6 Å². The van der Waals surface area contributed by atoms with Crippen molar-refractivity contribution in [2.75, 3.05) is 37.5 Å². The van der Waals surface area contributed by atoms with Gasteiger partial charge in [0, 0.05) is 42.0 Å². The van der Waals surface area contributed by atoms with Gasteiger partial charge in [0.05, 0.1) is 18.4 Å². The van der Waals surface area contributed by atoms with Crippen LogP contribution in [0, 0.1) is 23.7 Å². The van der Waals surface area contributed by atoms with Crippen molar-refractivity contribution < 1.29 is 18.5 Å². The summed E-state index contributed by atoms with van der Waals surface area (Å²) in [4.78, 5) is 15.7. The number of rotatable bonds is 1. The molecular weight excluding hydrogens is 544 g/mol. The minimum Gasteiger partial charge on any atom is -0.490 e. The third-order valence-corrected chi connectivity index (χ3v) is 11.7. The molecule has 1 amide bonds. The quantitative estimate of drug-likeness (QED) is 0.454. The number of nitrogens with zero attached hydrogens (tertiary/aromatic N) is 1. The highest BCUT2D eigenvalue weighted by molar-refractivity contribution is 7.83. The molecule has 3 aliphatic heterocycles. The molecule has 0 radical (unpaired) electrons. The van der Waals surface area contributed by atoms with Gasteiger partial charge in [-0.05, 0) is 103 Å². The molecule has 8 heteroatoms. The molecule has 3 aliphatic carbocycles. The number of amides is 1. The summed E-state index contributed by atoms with van der Waals surface area (Å²) in [6.07, 6.45) is 7.78. The number of benzene rings is 2. The Balaban J connectivity index is 1.28. The zero-order valence-corrected chi connectivity index (χ0v) is 24.7. The minimum absolute atomic E-state index is 0.137. The maximum atomic E-state index is 13.2. The van der Waals surface area contributed by atoms with E-state index >= 15 is 0 Å². The Morgan fingerprint density at radius 2 is 2.05 bits per heavy atom. The number of hydrogen-bond acceptors (Lipinski definition) is 5. The van der Waals surface area contributed by atoms with Crippen LogP contribution in [0.2, 0.25) is 5.02 Å². The zero-order valence-electron chi connectivity index (χ0n) is 23.2. The Labute approximate surface area is 244 Å². The maximum absolute atomic E-state index is 13.2. The second kappa shape index (κ2) is 10.2. The molecular formula is C32H37ClN2O4S. The average molecular weight is 581 g/mol. The lowest BCUT2D eigenvalue weighted by Crippen LogP contribution is -2.49. The van der Waals surface area contributed by atoms with Gasteiger partial charge in [-0.15, -0.1) is 0 Å². The number of aryl methyl sites for hydroxylation is 1. The van der Waals surface area contributed by atoms with Gasteiger partial charge >= 0.3 is 0 Å². The highest BCUT2D eigenvalue weighted by Crippen LogP contribution is 2.49. The molecule has 4 bridgehead atoms. The van der Waals surface area contributed by atoms with Crippen LogP contribution in [0.25, 0.3) is 0 Å². The highest BCUT2D eigenvalue weighted by Gasteiger charge is 2.47. The van der Waals surface area contributed by atoms with E-state index in [1.54, 1.807) is 6.07 Å². The van der Waals surface area contributed by atoms with Crippen LogP contribution >= 0.6 is 11.6 Å². The predicted octanol–water partition coefficient (Wildman–Crippen LogP) is 5.45. The van der Waals surface area contributed by atoms with E-state index in [0.717, 1.165) is 55.2 Å². The standard InChI is InChI=1S/C32H37ClN2O4S/c1-19-16-40(37)34-31(36)21-4-8-29-28(14-21)35(15-22-3-6-26(22)30(38-2)24-11-23(19)12-24)17-32(18-39-29)10-9-20-13-25(33)5-7-27(20)32/h4-5,7-8,11,13-14,19,22-23,26,30H,3,6,9-10,12,15-18H2,1-2H3,(H,34,36). The van der Waals surface area contributed by atoms with Crippen LogP contribution in [0.3, 0.4) is 0 Å². The molecule has 1 spiro atoms. The van der Waals surface area contributed by atoms with Crippen LogP contribution in [0.15, 0.2) is 48.0 Å². The normalized spacial score (nSPS) is 34.8. The zero-order chi connectivity index (χ0) is 27.6. The van der Waals surface area contributed by atoms with Crippen molar-refractivity contribution in [2.24, 2.45) is 23.7 Å². The van der Waals surface area contributed by atoms with Crippen LogP contribution < -0.4 is 14.4 Å². The SMILES string of the molecule is COC1C2=CC(C2)C(C)CS(=O)NC(=O)c2ccc3c(c2)N(CC2CCC21)CC1(CCc2cc(Cl)ccc21)CO3. The molecule has 7 atom stereocenters. The van der Waals surface area contributed by atoms with Gasteiger partial charge in [-0.2, -0.15) is 0 Å². The Hall–Kier alpha value is -2.35. The summed E-state index contributed by atoms with van der Waals surface area (Å²) < 4.78 is 28.4. The Morgan fingerprint density at radius 1 is 1.20 bits per heavy atom. The molecule has 2 aromatic rings. The number of carbonyl (C=O) groups excluding carboxylic acids is 1. The Bertz CT molecular complexity index is 1410. The van der Waals surface area contributed by atoms with E-state index in [4.69, 9.17) is 21.1 Å². The average Bonchev–Trinajstić information content (AvgIpc) is 3.15. The van der Waals surface area contributed by atoms with Crippen molar-refractivity contribution in [1.82, 2.24) is 4.72 Å². The summed E-state index contributed by atoms with van der Waals surface area (Å²) >= 11 is 6.37. The van der Waals surface area contributed by atoms with Gasteiger partial charge in [-0.1, -0.05) is 30.7 Å². The summed E-state index contributed by atoms with van der Waals surface area (Å²) in [6.45, 7) is 4.41. The molecule has 7 unspecified atom stereocenters. The summed E-state index contributed by atoms with van der Waals surface area (Å²) in [6, 6.07) is 11.9. The molecule has 8 rings (SSSR count). The lowest BCUT2D eigenvalue weighted by molar-refractivity contribution is -0.000233. The first-order valence-corrected chi connectivity index (χ1v) is 16.3. The molecule has 1 saturated carbocycles. The minimum atomic E-state index is -1.45. The largest absolute Gasteiger partial charge is 0.490 e. The van der Waals surface area contributed by atoms with E-state index in [9.17, 15) is 9.00 Å². The number of hydrogen-bond donors (Lipinski definition) is 1. The Kier molecular flexibility index (Phi) is 6.75. The Morgan fingerprint density at radius 3 is 2.83 bits per heavy atom. The van der Waals surface area contributed by atoms with E-state index in [-0.39, 0.29) is 23.3 Å². The first kappa shape index (κ1) is 26.5. The van der Waals surface area contributed by atoms with Crippen molar-refractivity contribution in [3.05, 3.63) is 69.8 Å². The number of carbonyl (C=O) groups is 1. The second-order valence-electron chi connectivity index (χ2n) is 12.6. The number of anilines is 1. The maximum Gasteiger partial charge on any atom is 0.263 e. The summed E-state index contributed by atoms with van der Waals surface area (Å²) in [5, 5.41) is 0.775. The number of methoxy groups -OCH3 is 1. The molecule has 2 aromatic carbocycles. The first-order chi connectivity index (χ1) is 19.3. The van der Waals surface area contributed by atoms with Crippen molar-refractivity contribution in [1.29, 1.82) is 0 Å². The monoisotopic (exact) mass is 580 g/mol. The molecule has 40 heavy (non-hydrogen) atoms. The lowest BCUT2D eigenvalue weighted by Gasteiger charge is -2.47. The van der Waals surface area contributed by atoms with Crippen LogP contribution in [0.5, 0.6) is 5.75 Å². The fourth-order valence-electron chi connectivity index (χ4n) is 7.77. The molecule has 0 saturated heterocycles. The predicted molar refractivity (Wildman–Crippen MR) is 158 cm³/mol. The van der Waals surface area contributed by atoms with Gasteiger partial charge in [0.15, 0.2) is 0 Å². The van der Waals surface area contributed by atoms with Gasteiger partial charge in [-0.3, -0.25) is 9.52 Å². The summed E-state index contributed by atoms with van der Waals surface area (Å²) in [5.41, 5.74) is 5.33. The molecule has 1 N–H and O–H groups in total. The molecule has 6 nitrogen and oxygen atoms in total. The summed E-state index contributed by atoms with van der Waals surface area (Å²) in [7, 11) is 0.399. The van der Waals surface area contributed by atoms with Crippen molar-refractivity contribution in [3.63, 3.8) is 0 Å². The fraction of sp³-hybridized carbons (Fsp3) is 0.531. The van der Waals surface area contributed by atoms with Crippen molar-refractivity contribution >= 4 is 34.2 Å². The van der Waals surface area contributed by atoms with E-state index < -0.39 is 11.0 Å². The van der Waals surface area contributed by atoms with Gasteiger partial charge in [0.2, 0.25) is 0 Å². The second-order valence-corrected chi connectivity index (χ2v) is 14.3. The number of halogens is 1. The number of ether oxygens (including phenoxy) is 2. The topological polar surface area (TPSA) is 67.9 Å². The van der Waals surface area contributed by atoms with Gasteiger partial charge in [-0.25, -0.2) is 4.21 Å². The van der Waals surface area contributed by atoms with Crippen LogP contribution in [-0.4, -0.2) is 48.8 Å². The van der Waals surface area contributed by atoms with E-state index in [1.165, 1.54) is 23.1 Å². The van der Waals surface area contributed by atoms with Crippen LogP contribution in [0.4, 0.5) is 5.69 Å². The summed E-state index contributed by atoms with van der Waals surface area (Å²) in [5.74, 6) is 2.51. The molecule has 0 aromatic heterocycles. The number of allylic oxidation sites excluding steroid dienone is 1. The van der Waals surface area contributed by atoms with Crippen molar-refractivity contribution in [2.45, 2.75) is 50.5 Å². The lowest BCUT2D eigenvalue weighted by atomic mass is 9.65.